The van der Waals surface area contributed by atoms with Crippen molar-refractivity contribution >= 4 is 27.7 Å². The number of sulfonamides is 1. The molecule has 138 valence electrons. The number of nitrogens with zero attached hydrogens (tertiary/aromatic N) is 3. The minimum Gasteiger partial charge on any atom is -0.322 e. The van der Waals surface area contributed by atoms with Crippen LogP contribution in [-0.4, -0.2) is 35.8 Å². The van der Waals surface area contributed by atoms with Gasteiger partial charge in [-0.3, -0.25) is 0 Å². The number of rotatable bonds is 5. The summed E-state index contributed by atoms with van der Waals surface area (Å²) in [6.45, 7) is 4.57. The molecule has 0 atom stereocenters. The van der Waals surface area contributed by atoms with Gasteiger partial charge in [-0.1, -0.05) is 25.5 Å². The number of nitrogens with one attached hydrogen (secondary N) is 1. The maximum Gasteiger partial charge on any atom is 0.243 e. The molecular formula is C18H21FN4O2S. The summed E-state index contributed by atoms with van der Waals surface area (Å²) in [6, 6.07) is 3.84. The summed E-state index contributed by atoms with van der Waals surface area (Å²) < 4.78 is 41.4. The topological polar surface area (TPSA) is 75.2 Å². The number of hydrogen-bond donors (Lipinski definition) is 1. The summed E-state index contributed by atoms with van der Waals surface area (Å²) in [5, 5.41) is 2.75. The van der Waals surface area contributed by atoms with E-state index in [2.05, 4.69) is 21.9 Å². The van der Waals surface area contributed by atoms with Crippen molar-refractivity contribution < 1.29 is 12.8 Å². The van der Waals surface area contributed by atoms with Crippen molar-refractivity contribution in [3.63, 3.8) is 0 Å². The number of aromatic nitrogens is 2. The molecule has 0 aliphatic carbocycles. The first-order chi connectivity index (χ1) is 12.5. The summed E-state index contributed by atoms with van der Waals surface area (Å²) in [4.78, 5) is 8.07. The van der Waals surface area contributed by atoms with Gasteiger partial charge in [0, 0.05) is 31.0 Å². The average Bonchev–Trinajstić information content (AvgIpc) is 2.94. The van der Waals surface area contributed by atoms with Gasteiger partial charge in [0.25, 0.3) is 0 Å². The third-order valence-electron chi connectivity index (χ3n) is 4.30. The zero-order valence-corrected chi connectivity index (χ0v) is 15.2. The number of benzene rings is 1. The van der Waals surface area contributed by atoms with Crippen LogP contribution >= 0.6 is 0 Å². The molecule has 1 aromatic heterocycles. The number of anilines is 2. The van der Waals surface area contributed by atoms with Crippen molar-refractivity contribution in [2.75, 3.05) is 18.4 Å². The molecule has 0 radical (unpaired) electrons. The van der Waals surface area contributed by atoms with Gasteiger partial charge in [0.2, 0.25) is 16.0 Å². The largest absolute Gasteiger partial charge is 0.322 e. The second-order valence-corrected chi connectivity index (χ2v) is 8.07. The highest BCUT2D eigenvalue weighted by atomic mass is 32.2. The Labute approximate surface area is 152 Å². The third kappa shape index (κ3) is 4.08. The first-order valence-corrected chi connectivity index (χ1v) is 9.96. The Bertz CT molecular complexity index is 877. The molecule has 2 aromatic rings. The van der Waals surface area contributed by atoms with Crippen LogP contribution in [0, 0.1) is 5.82 Å². The van der Waals surface area contributed by atoms with Gasteiger partial charge in [-0.15, -0.1) is 0 Å². The standard InChI is InChI=1S/C18H21FN4O2S/c1-2-14-12-20-18(21-13-14)22-17-8-7-15(11-16(17)19)26(24,25)23-9-5-3-4-6-10-23/h2,7-8,11-13H,1,3-6,9-10H2,(H,20,21,22). The van der Waals surface area contributed by atoms with Gasteiger partial charge < -0.3 is 5.32 Å². The highest BCUT2D eigenvalue weighted by molar-refractivity contribution is 7.89. The van der Waals surface area contributed by atoms with Crippen LogP contribution < -0.4 is 5.32 Å². The zero-order chi connectivity index (χ0) is 18.6. The van der Waals surface area contributed by atoms with Crippen LogP contribution in [0.15, 0.2) is 42.1 Å². The first kappa shape index (κ1) is 18.5. The minimum absolute atomic E-state index is 0.0367. The maximum absolute atomic E-state index is 14.4. The van der Waals surface area contributed by atoms with Crippen LogP contribution in [0.4, 0.5) is 16.0 Å². The van der Waals surface area contributed by atoms with Gasteiger partial charge in [0.05, 0.1) is 10.6 Å². The molecule has 1 aliphatic heterocycles. The Hall–Kier alpha value is -2.32. The lowest BCUT2D eigenvalue weighted by Gasteiger charge is -2.20. The predicted octanol–water partition coefficient (Wildman–Crippen LogP) is 3.57. The first-order valence-electron chi connectivity index (χ1n) is 8.52. The summed E-state index contributed by atoms with van der Waals surface area (Å²) >= 11 is 0. The van der Waals surface area contributed by atoms with Crippen molar-refractivity contribution in [2.45, 2.75) is 30.6 Å². The SMILES string of the molecule is C=Cc1cnc(Nc2ccc(S(=O)(=O)N3CCCCCC3)cc2F)nc1. The summed E-state index contributed by atoms with van der Waals surface area (Å²) in [5.41, 5.74) is 0.862. The third-order valence-corrected chi connectivity index (χ3v) is 6.19. The van der Waals surface area contributed by atoms with Crippen LogP contribution in [0.25, 0.3) is 6.08 Å². The predicted molar refractivity (Wildman–Crippen MR) is 99.0 cm³/mol. The second-order valence-electron chi connectivity index (χ2n) is 6.13. The van der Waals surface area contributed by atoms with Crippen LogP contribution in [0.5, 0.6) is 0 Å². The summed E-state index contributed by atoms with van der Waals surface area (Å²) in [6.07, 6.45) is 8.42. The van der Waals surface area contributed by atoms with Gasteiger partial charge in [-0.25, -0.2) is 22.8 Å². The molecule has 1 fully saturated rings. The van der Waals surface area contributed by atoms with Crippen LogP contribution in [0.3, 0.4) is 0 Å². The van der Waals surface area contributed by atoms with E-state index in [4.69, 9.17) is 0 Å². The fourth-order valence-corrected chi connectivity index (χ4v) is 4.35. The lowest BCUT2D eigenvalue weighted by molar-refractivity contribution is 0.423. The van der Waals surface area contributed by atoms with Crippen molar-refractivity contribution in [1.82, 2.24) is 14.3 Å². The van der Waals surface area contributed by atoms with Crippen molar-refractivity contribution in [3.05, 3.63) is 48.6 Å². The van der Waals surface area contributed by atoms with E-state index in [1.54, 1.807) is 18.5 Å². The Morgan fingerprint density at radius 1 is 1.12 bits per heavy atom. The Balaban J connectivity index is 1.80. The number of hydrogen-bond acceptors (Lipinski definition) is 5. The molecule has 0 spiro atoms. The van der Waals surface area contributed by atoms with Crippen molar-refractivity contribution in [1.29, 1.82) is 0 Å². The van der Waals surface area contributed by atoms with E-state index in [0.29, 0.717) is 13.1 Å². The summed E-state index contributed by atoms with van der Waals surface area (Å²) in [5.74, 6) is -0.449. The molecule has 1 N–H and O–H groups in total. The lowest BCUT2D eigenvalue weighted by atomic mass is 10.2. The monoisotopic (exact) mass is 376 g/mol. The molecule has 0 saturated carbocycles. The molecule has 1 aliphatic rings. The lowest BCUT2D eigenvalue weighted by Crippen LogP contribution is -2.32. The second kappa shape index (κ2) is 7.92. The molecule has 6 nitrogen and oxygen atoms in total. The molecule has 0 bridgehead atoms. The van der Waals surface area contributed by atoms with E-state index in [1.165, 1.54) is 16.4 Å². The molecule has 26 heavy (non-hydrogen) atoms. The van der Waals surface area contributed by atoms with E-state index in [-0.39, 0.29) is 16.5 Å². The molecular weight excluding hydrogens is 355 g/mol. The van der Waals surface area contributed by atoms with E-state index in [1.807, 2.05) is 0 Å². The maximum atomic E-state index is 14.4. The number of halogens is 1. The van der Waals surface area contributed by atoms with E-state index in [9.17, 15) is 12.8 Å². The normalized spacial score (nSPS) is 16.0. The molecule has 8 heteroatoms. The Morgan fingerprint density at radius 2 is 1.77 bits per heavy atom. The highest BCUT2D eigenvalue weighted by Crippen LogP contribution is 2.25. The fourth-order valence-electron chi connectivity index (χ4n) is 2.82. The highest BCUT2D eigenvalue weighted by Gasteiger charge is 2.26. The van der Waals surface area contributed by atoms with Crippen molar-refractivity contribution in [3.8, 4) is 0 Å². The van der Waals surface area contributed by atoms with E-state index >= 15 is 0 Å². The Kier molecular flexibility index (Phi) is 5.63. The van der Waals surface area contributed by atoms with E-state index < -0.39 is 15.8 Å². The van der Waals surface area contributed by atoms with Crippen LogP contribution in [-0.2, 0) is 10.0 Å². The van der Waals surface area contributed by atoms with Crippen molar-refractivity contribution in [2.24, 2.45) is 0 Å². The Morgan fingerprint density at radius 3 is 2.35 bits per heavy atom. The zero-order valence-electron chi connectivity index (χ0n) is 14.4. The van der Waals surface area contributed by atoms with Crippen LogP contribution in [0.1, 0.15) is 31.2 Å². The molecule has 2 heterocycles. The van der Waals surface area contributed by atoms with Gasteiger partial charge >= 0.3 is 0 Å². The van der Waals surface area contributed by atoms with Crippen LogP contribution in [0.2, 0.25) is 0 Å². The van der Waals surface area contributed by atoms with Gasteiger partial charge in [0.15, 0.2) is 0 Å². The smallest absolute Gasteiger partial charge is 0.243 e. The molecule has 1 aromatic carbocycles. The average molecular weight is 376 g/mol. The van der Waals surface area contributed by atoms with E-state index in [0.717, 1.165) is 37.3 Å². The fraction of sp³-hybridized carbons (Fsp3) is 0.333. The van der Waals surface area contributed by atoms with Gasteiger partial charge in [-0.05, 0) is 31.0 Å². The van der Waals surface area contributed by atoms with Gasteiger partial charge in [-0.2, -0.15) is 4.31 Å². The molecule has 0 unspecified atom stereocenters. The summed E-state index contributed by atoms with van der Waals surface area (Å²) in [7, 11) is -3.68. The van der Waals surface area contributed by atoms with Gasteiger partial charge in [0.1, 0.15) is 5.82 Å². The minimum atomic E-state index is -3.68. The molecule has 3 rings (SSSR count). The molecule has 1 saturated heterocycles. The quantitative estimate of drug-likeness (QED) is 0.863. The molecule has 0 amide bonds.